The van der Waals surface area contributed by atoms with Gasteiger partial charge in [0, 0.05) is 17.3 Å². The van der Waals surface area contributed by atoms with Gasteiger partial charge < -0.3 is 10.2 Å². The largest absolute Gasteiger partial charge is 0.469 e. The van der Waals surface area contributed by atoms with Gasteiger partial charge in [0.05, 0.1) is 12.0 Å². The fourth-order valence-corrected chi connectivity index (χ4v) is 3.36. The van der Waals surface area contributed by atoms with Crippen molar-refractivity contribution in [2.75, 3.05) is 0 Å². The lowest BCUT2D eigenvalue weighted by molar-refractivity contribution is 0.434. The average Bonchev–Trinajstić information content (AvgIpc) is 2.96. The van der Waals surface area contributed by atoms with Crippen LogP contribution in [-0.2, 0) is 19.4 Å². The van der Waals surface area contributed by atoms with E-state index in [-0.39, 0.29) is 0 Å². The molecule has 0 aromatic carbocycles. The van der Waals surface area contributed by atoms with E-state index in [2.05, 4.69) is 11.1 Å². The van der Waals surface area contributed by atoms with Crippen molar-refractivity contribution in [1.29, 1.82) is 0 Å². The molecule has 2 aromatic heterocycles. The van der Waals surface area contributed by atoms with E-state index in [1.165, 1.54) is 10.6 Å². The van der Waals surface area contributed by atoms with Gasteiger partial charge in [-0.05, 0) is 31.4 Å². The summed E-state index contributed by atoms with van der Waals surface area (Å²) in [6, 6.07) is 4.03. The smallest absolute Gasteiger partial charge is 0.107 e. The fourth-order valence-electron chi connectivity index (χ4n) is 2.28. The van der Waals surface area contributed by atoms with Crippen LogP contribution in [0.3, 0.4) is 0 Å². The van der Waals surface area contributed by atoms with Crippen LogP contribution in [0.15, 0.2) is 22.8 Å². The Morgan fingerprint density at radius 3 is 3.25 bits per heavy atom. The van der Waals surface area contributed by atoms with Gasteiger partial charge in [-0.1, -0.05) is 0 Å². The third kappa shape index (κ3) is 1.68. The van der Waals surface area contributed by atoms with Gasteiger partial charge in [-0.3, -0.25) is 0 Å². The number of aromatic nitrogens is 1. The van der Waals surface area contributed by atoms with Gasteiger partial charge in [0.1, 0.15) is 10.8 Å². The second-order valence-corrected chi connectivity index (χ2v) is 5.30. The molecule has 1 aliphatic rings. The fraction of sp³-hybridized carbons (Fsp3) is 0.417. The molecule has 3 nitrogen and oxygen atoms in total. The number of thiazole rings is 1. The van der Waals surface area contributed by atoms with E-state index in [4.69, 9.17) is 10.2 Å². The Hall–Kier alpha value is -1.13. The zero-order valence-electron chi connectivity index (χ0n) is 8.98. The van der Waals surface area contributed by atoms with Crippen LogP contribution in [-0.4, -0.2) is 4.98 Å². The summed E-state index contributed by atoms with van der Waals surface area (Å²) in [5.41, 5.74) is 6.88. The van der Waals surface area contributed by atoms with Gasteiger partial charge in [-0.25, -0.2) is 4.98 Å². The number of hydrogen-bond donors (Lipinski definition) is 1. The highest BCUT2D eigenvalue weighted by molar-refractivity contribution is 7.11. The Morgan fingerprint density at radius 1 is 1.56 bits per heavy atom. The van der Waals surface area contributed by atoms with E-state index >= 15 is 0 Å². The zero-order valence-corrected chi connectivity index (χ0v) is 9.80. The van der Waals surface area contributed by atoms with Crippen LogP contribution in [0.2, 0.25) is 0 Å². The highest BCUT2D eigenvalue weighted by Crippen LogP contribution is 2.35. The highest BCUT2D eigenvalue weighted by Gasteiger charge is 2.24. The van der Waals surface area contributed by atoms with E-state index in [1.54, 1.807) is 17.6 Å². The first-order valence-electron chi connectivity index (χ1n) is 5.57. The number of nitrogens with zero attached hydrogens (tertiary/aromatic N) is 1. The minimum atomic E-state index is 0.522. The standard InChI is InChI=1S/C12H14N2OS/c13-7-12-14-9-4-3-8(6-11(9)16-12)10-2-1-5-15-10/h1-2,5,8H,3-4,6-7,13H2. The summed E-state index contributed by atoms with van der Waals surface area (Å²) >= 11 is 1.76. The predicted molar refractivity (Wildman–Crippen MR) is 63.5 cm³/mol. The van der Waals surface area contributed by atoms with Crippen molar-refractivity contribution in [1.82, 2.24) is 4.98 Å². The molecule has 16 heavy (non-hydrogen) atoms. The molecular weight excluding hydrogens is 220 g/mol. The lowest BCUT2D eigenvalue weighted by Crippen LogP contribution is -2.10. The molecule has 0 saturated carbocycles. The Labute approximate surface area is 98.3 Å². The summed E-state index contributed by atoms with van der Waals surface area (Å²) < 4.78 is 5.48. The van der Waals surface area contributed by atoms with Crippen LogP contribution >= 0.6 is 11.3 Å². The number of nitrogens with two attached hydrogens (primary N) is 1. The number of fused-ring (bicyclic) bond motifs is 1. The molecule has 1 atom stereocenters. The molecule has 0 aliphatic heterocycles. The molecule has 3 rings (SSSR count). The van der Waals surface area contributed by atoms with Gasteiger partial charge >= 0.3 is 0 Å². The first-order chi connectivity index (χ1) is 7.86. The van der Waals surface area contributed by atoms with Crippen LogP contribution in [0.25, 0.3) is 0 Å². The van der Waals surface area contributed by atoms with E-state index in [0.717, 1.165) is 30.0 Å². The Morgan fingerprint density at radius 2 is 2.50 bits per heavy atom. The highest BCUT2D eigenvalue weighted by atomic mass is 32.1. The lowest BCUT2D eigenvalue weighted by atomic mass is 9.89. The van der Waals surface area contributed by atoms with E-state index in [1.807, 2.05) is 6.07 Å². The maximum Gasteiger partial charge on any atom is 0.107 e. The summed E-state index contributed by atoms with van der Waals surface area (Å²) in [7, 11) is 0. The molecule has 0 radical (unpaired) electrons. The van der Waals surface area contributed by atoms with Crippen molar-refractivity contribution in [2.24, 2.45) is 5.73 Å². The first kappa shape index (κ1) is 10.1. The molecule has 0 amide bonds. The summed E-state index contributed by atoms with van der Waals surface area (Å²) in [4.78, 5) is 5.94. The molecule has 2 aromatic rings. The molecular formula is C12H14N2OS. The second kappa shape index (κ2) is 4.03. The minimum Gasteiger partial charge on any atom is -0.469 e. The van der Waals surface area contributed by atoms with Crippen LogP contribution in [0.4, 0.5) is 0 Å². The quantitative estimate of drug-likeness (QED) is 0.868. The monoisotopic (exact) mass is 234 g/mol. The molecule has 1 aliphatic carbocycles. The third-order valence-electron chi connectivity index (χ3n) is 3.10. The van der Waals surface area contributed by atoms with Crippen LogP contribution < -0.4 is 5.73 Å². The Bertz CT molecular complexity index is 475. The first-order valence-corrected chi connectivity index (χ1v) is 6.39. The van der Waals surface area contributed by atoms with Crippen LogP contribution in [0, 0.1) is 0 Å². The Kier molecular flexibility index (Phi) is 2.53. The molecule has 0 bridgehead atoms. The van der Waals surface area contributed by atoms with Crippen molar-refractivity contribution in [3.63, 3.8) is 0 Å². The molecule has 0 saturated heterocycles. The summed E-state index contributed by atoms with van der Waals surface area (Å²) in [5.74, 6) is 1.63. The van der Waals surface area contributed by atoms with Gasteiger partial charge in [-0.15, -0.1) is 11.3 Å². The summed E-state index contributed by atoms with van der Waals surface area (Å²) in [6.07, 6.45) is 4.99. The van der Waals surface area contributed by atoms with E-state index < -0.39 is 0 Å². The maximum absolute atomic E-state index is 5.62. The molecule has 84 valence electrons. The molecule has 4 heteroatoms. The number of furan rings is 1. The topological polar surface area (TPSA) is 52.0 Å². The molecule has 1 unspecified atom stereocenters. The normalized spacial score (nSPS) is 19.7. The predicted octanol–water partition coefficient (Wildman–Crippen LogP) is 2.47. The summed E-state index contributed by atoms with van der Waals surface area (Å²) in [6.45, 7) is 0.559. The van der Waals surface area contributed by atoms with Gasteiger partial charge in [-0.2, -0.15) is 0 Å². The molecule has 2 heterocycles. The second-order valence-electron chi connectivity index (χ2n) is 4.14. The van der Waals surface area contributed by atoms with Crippen molar-refractivity contribution in [2.45, 2.75) is 31.7 Å². The number of rotatable bonds is 2. The van der Waals surface area contributed by atoms with Crippen molar-refractivity contribution in [3.8, 4) is 0 Å². The van der Waals surface area contributed by atoms with Crippen molar-refractivity contribution >= 4 is 11.3 Å². The van der Waals surface area contributed by atoms with Crippen LogP contribution in [0.1, 0.15) is 33.7 Å². The van der Waals surface area contributed by atoms with Crippen molar-refractivity contribution in [3.05, 3.63) is 39.7 Å². The maximum atomic E-state index is 5.62. The van der Waals surface area contributed by atoms with Gasteiger partial charge in [0.15, 0.2) is 0 Å². The van der Waals surface area contributed by atoms with Crippen molar-refractivity contribution < 1.29 is 4.42 Å². The van der Waals surface area contributed by atoms with Gasteiger partial charge in [0.2, 0.25) is 0 Å². The number of hydrogen-bond acceptors (Lipinski definition) is 4. The van der Waals surface area contributed by atoms with E-state index in [9.17, 15) is 0 Å². The van der Waals surface area contributed by atoms with E-state index in [0.29, 0.717) is 12.5 Å². The molecule has 0 fully saturated rings. The third-order valence-corrected chi connectivity index (χ3v) is 4.25. The zero-order chi connectivity index (χ0) is 11.0. The number of aryl methyl sites for hydroxylation is 1. The molecule has 0 spiro atoms. The average molecular weight is 234 g/mol. The van der Waals surface area contributed by atoms with Crippen LogP contribution in [0.5, 0.6) is 0 Å². The van der Waals surface area contributed by atoms with Gasteiger partial charge in [0.25, 0.3) is 0 Å². The Balaban J connectivity index is 1.85. The summed E-state index contributed by atoms with van der Waals surface area (Å²) in [5, 5.41) is 1.06. The lowest BCUT2D eigenvalue weighted by Gasteiger charge is -2.18. The minimum absolute atomic E-state index is 0.522. The molecule has 2 N–H and O–H groups in total. The SMILES string of the molecule is NCc1nc2c(s1)CC(c1ccco1)CC2.